The van der Waals surface area contributed by atoms with Gasteiger partial charge in [-0.05, 0) is 18.2 Å². The van der Waals surface area contributed by atoms with Gasteiger partial charge < -0.3 is 10.6 Å². The third-order valence-corrected chi connectivity index (χ3v) is 3.44. The molecule has 1 heterocycles. The first kappa shape index (κ1) is 16.5. The van der Waals surface area contributed by atoms with E-state index in [-0.39, 0.29) is 23.7 Å². The Labute approximate surface area is 142 Å². The van der Waals surface area contributed by atoms with Crippen LogP contribution in [0.4, 0.5) is 20.3 Å². The second-order valence-corrected chi connectivity index (χ2v) is 5.17. The molecule has 0 atom stereocenters. The molecule has 2 aromatic carbocycles. The van der Waals surface area contributed by atoms with E-state index in [0.717, 1.165) is 0 Å². The van der Waals surface area contributed by atoms with Crippen LogP contribution in [0.25, 0.3) is 0 Å². The Morgan fingerprint density at radius 2 is 1.68 bits per heavy atom. The number of benzene rings is 2. The van der Waals surface area contributed by atoms with Crippen LogP contribution in [-0.4, -0.2) is 15.9 Å². The second kappa shape index (κ2) is 7.48. The number of para-hydroxylation sites is 1. The van der Waals surface area contributed by atoms with Crippen LogP contribution in [-0.2, 0) is 6.54 Å². The van der Waals surface area contributed by atoms with Crippen LogP contribution in [0.2, 0.25) is 0 Å². The molecule has 25 heavy (non-hydrogen) atoms. The molecule has 0 spiro atoms. The smallest absolute Gasteiger partial charge is 0.274 e. The van der Waals surface area contributed by atoms with Crippen molar-refractivity contribution in [3.63, 3.8) is 0 Å². The monoisotopic (exact) mass is 340 g/mol. The quantitative estimate of drug-likeness (QED) is 0.744. The summed E-state index contributed by atoms with van der Waals surface area (Å²) in [5.41, 5.74) is 0.597. The Morgan fingerprint density at radius 1 is 0.960 bits per heavy atom. The van der Waals surface area contributed by atoms with E-state index in [1.807, 2.05) is 0 Å². The molecule has 0 bridgehead atoms. The molecule has 1 aromatic heterocycles. The van der Waals surface area contributed by atoms with Crippen molar-refractivity contribution in [1.82, 2.24) is 9.97 Å². The summed E-state index contributed by atoms with van der Waals surface area (Å²) in [6, 6.07) is 13.6. The lowest BCUT2D eigenvalue weighted by Gasteiger charge is -2.08. The summed E-state index contributed by atoms with van der Waals surface area (Å²) in [5.74, 6) is -1.08. The maximum atomic E-state index is 13.6. The van der Waals surface area contributed by atoms with Gasteiger partial charge in [-0.25, -0.2) is 18.7 Å². The highest BCUT2D eigenvalue weighted by atomic mass is 19.1. The minimum atomic E-state index is -0.568. The Kier molecular flexibility index (Phi) is 4.94. The number of carbonyl (C=O) groups is 1. The van der Waals surface area contributed by atoms with E-state index in [2.05, 4.69) is 20.6 Å². The number of hydrogen-bond donors (Lipinski definition) is 2. The van der Waals surface area contributed by atoms with Crippen LogP contribution in [0.5, 0.6) is 0 Å². The lowest BCUT2D eigenvalue weighted by atomic mass is 10.2. The Hall–Kier alpha value is -3.35. The maximum Gasteiger partial charge on any atom is 0.274 e. The summed E-state index contributed by atoms with van der Waals surface area (Å²) < 4.78 is 27.2. The number of amides is 1. The van der Waals surface area contributed by atoms with Gasteiger partial charge in [0.1, 0.15) is 29.5 Å². The summed E-state index contributed by atoms with van der Waals surface area (Å²) in [7, 11) is 0. The SMILES string of the molecule is O=C(Nc1ccccc1F)c1cc(NCc2ccccc2F)ncn1. The van der Waals surface area contributed by atoms with E-state index < -0.39 is 11.7 Å². The van der Waals surface area contributed by atoms with E-state index in [0.29, 0.717) is 11.4 Å². The molecular weight excluding hydrogens is 326 g/mol. The van der Waals surface area contributed by atoms with Gasteiger partial charge in [0, 0.05) is 18.2 Å². The highest BCUT2D eigenvalue weighted by Crippen LogP contribution is 2.15. The van der Waals surface area contributed by atoms with Gasteiger partial charge in [0.25, 0.3) is 5.91 Å². The second-order valence-electron chi connectivity index (χ2n) is 5.17. The van der Waals surface area contributed by atoms with Gasteiger partial charge in [0.05, 0.1) is 5.69 Å². The highest BCUT2D eigenvalue weighted by Gasteiger charge is 2.11. The zero-order chi connectivity index (χ0) is 17.6. The molecule has 126 valence electrons. The fourth-order valence-electron chi connectivity index (χ4n) is 2.15. The molecule has 3 rings (SSSR count). The van der Waals surface area contributed by atoms with Crippen LogP contribution in [0.1, 0.15) is 16.1 Å². The van der Waals surface area contributed by atoms with Crippen molar-refractivity contribution in [3.8, 4) is 0 Å². The number of rotatable bonds is 5. The Morgan fingerprint density at radius 3 is 2.44 bits per heavy atom. The molecule has 0 aliphatic heterocycles. The normalized spacial score (nSPS) is 10.3. The first-order valence-electron chi connectivity index (χ1n) is 7.48. The van der Waals surface area contributed by atoms with E-state index in [1.54, 1.807) is 24.3 Å². The molecule has 0 fully saturated rings. The molecule has 0 saturated carbocycles. The molecule has 0 aliphatic rings. The number of nitrogens with one attached hydrogen (secondary N) is 2. The third-order valence-electron chi connectivity index (χ3n) is 3.44. The fraction of sp³-hybridized carbons (Fsp3) is 0.0556. The van der Waals surface area contributed by atoms with E-state index in [4.69, 9.17) is 0 Å². The van der Waals surface area contributed by atoms with Crippen molar-refractivity contribution < 1.29 is 13.6 Å². The molecule has 0 unspecified atom stereocenters. The van der Waals surface area contributed by atoms with Crippen molar-refractivity contribution in [2.24, 2.45) is 0 Å². The van der Waals surface area contributed by atoms with Gasteiger partial charge in [0.2, 0.25) is 0 Å². The lowest BCUT2D eigenvalue weighted by molar-refractivity contribution is 0.102. The van der Waals surface area contributed by atoms with Crippen molar-refractivity contribution in [3.05, 3.63) is 83.8 Å². The standard InChI is InChI=1S/C18H14F2N4O/c19-13-6-2-1-5-12(13)10-21-17-9-16(22-11-23-17)18(25)24-15-8-4-3-7-14(15)20/h1-9,11H,10H2,(H,24,25)(H,21,22,23). The van der Waals surface area contributed by atoms with Crippen LogP contribution in [0.3, 0.4) is 0 Å². The summed E-state index contributed by atoms with van der Waals surface area (Å²) in [6.07, 6.45) is 1.21. The van der Waals surface area contributed by atoms with Crippen LogP contribution in [0.15, 0.2) is 60.9 Å². The largest absolute Gasteiger partial charge is 0.366 e. The summed E-state index contributed by atoms with van der Waals surface area (Å²) in [6.45, 7) is 0.206. The molecule has 1 amide bonds. The van der Waals surface area contributed by atoms with Crippen molar-refractivity contribution >= 4 is 17.4 Å². The van der Waals surface area contributed by atoms with Gasteiger partial charge in [0.15, 0.2) is 0 Å². The zero-order valence-corrected chi connectivity index (χ0v) is 13.0. The molecule has 2 N–H and O–H groups in total. The first-order chi connectivity index (χ1) is 12.1. The van der Waals surface area contributed by atoms with E-state index in [1.165, 1.54) is 36.7 Å². The summed E-state index contributed by atoms with van der Waals surface area (Å²) in [4.78, 5) is 20.1. The number of halogens is 2. The van der Waals surface area contributed by atoms with Crippen LogP contribution < -0.4 is 10.6 Å². The molecule has 5 nitrogen and oxygen atoms in total. The third kappa shape index (κ3) is 4.14. The molecule has 0 radical (unpaired) electrons. The topological polar surface area (TPSA) is 66.9 Å². The average molecular weight is 340 g/mol. The number of nitrogens with zero attached hydrogens (tertiary/aromatic N) is 2. The minimum Gasteiger partial charge on any atom is -0.366 e. The first-order valence-corrected chi connectivity index (χ1v) is 7.48. The number of anilines is 2. The average Bonchev–Trinajstić information content (AvgIpc) is 2.63. The Bertz CT molecular complexity index is 902. The van der Waals surface area contributed by atoms with Gasteiger partial charge in [-0.2, -0.15) is 0 Å². The summed E-state index contributed by atoms with van der Waals surface area (Å²) in [5, 5.41) is 5.37. The van der Waals surface area contributed by atoms with Gasteiger partial charge in [-0.3, -0.25) is 4.79 Å². The van der Waals surface area contributed by atoms with E-state index >= 15 is 0 Å². The van der Waals surface area contributed by atoms with E-state index in [9.17, 15) is 13.6 Å². The number of carbonyl (C=O) groups excluding carboxylic acids is 1. The highest BCUT2D eigenvalue weighted by molar-refractivity contribution is 6.03. The van der Waals surface area contributed by atoms with Gasteiger partial charge in [-0.1, -0.05) is 30.3 Å². The van der Waals surface area contributed by atoms with Crippen molar-refractivity contribution in [2.45, 2.75) is 6.54 Å². The van der Waals surface area contributed by atoms with Gasteiger partial charge in [-0.15, -0.1) is 0 Å². The fourth-order valence-corrected chi connectivity index (χ4v) is 2.15. The van der Waals surface area contributed by atoms with Gasteiger partial charge >= 0.3 is 0 Å². The van der Waals surface area contributed by atoms with Crippen LogP contribution >= 0.6 is 0 Å². The Balaban J connectivity index is 1.70. The molecule has 0 aliphatic carbocycles. The van der Waals surface area contributed by atoms with Crippen LogP contribution in [0, 0.1) is 11.6 Å². The molecule has 3 aromatic rings. The predicted molar refractivity (Wildman–Crippen MR) is 90.1 cm³/mol. The number of aromatic nitrogens is 2. The molecule has 7 heteroatoms. The summed E-state index contributed by atoms with van der Waals surface area (Å²) >= 11 is 0. The lowest BCUT2D eigenvalue weighted by Crippen LogP contribution is -2.15. The maximum absolute atomic E-state index is 13.6. The zero-order valence-electron chi connectivity index (χ0n) is 13.0. The predicted octanol–water partition coefficient (Wildman–Crippen LogP) is 3.62. The molecule has 0 saturated heterocycles. The van der Waals surface area contributed by atoms with Crippen molar-refractivity contribution in [1.29, 1.82) is 0 Å². The number of hydrogen-bond acceptors (Lipinski definition) is 4. The van der Waals surface area contributed by atoms with Crippen molar-refractivity contribution in [2.75, 3.05) is 10.6 Å². The molecular formula is C18H14F2N4O. The minimum absolute atomic E-state index is 0.0620.